The van der Waals surface area contributed by atoms with Gasteiger partial charge in [0.2, 0.25) is 0 Å². The van der Waals surface area contributed by atoms with Gasteiger partial charge in [-0.1, -0.05) is 12.8 Å². The summed E-state index contributed by atoms with van der Waals surface area (Å²) in [5, 5.41) is 0. The van der Waals surface area contributed by atoms with Gasteiger partial charge >= 0.3 is 6.18 Å². The van der Waals surface area contributed by atoms with E-state index in [9.17, 15) is 18.0 Å². The molecule has 2 aliphatic rings. The highest BCUT2D eigenvalue weighted by atomic mass is 19.4. The number of halogens is 3. The average Bonchev–Trinajstić information content (AvgIpc) is 2.53. The first-order valence-electron chi connectivity index (χ1n) is 6.82. The molecular weight excluding hydrogens is 243 g/mol. The molecule has 5 heteroatoms. The number of carbonyl (C=O) groups is 1. The van der Waals surface area contributed by atoms with E-state index in [1.165, 1.54) is 0 Å². The lowest BCUT2D eigenvalue weighted by molar-refractivity contribution is -0.189. The predicted octanol–water partition coefficient (Wildman–Crippen LogP) is 3.16. The normalized spacial score (nSPS) is 32.3. The van der Waals surface area contributed by atoms with Crippen molar-refractivity contribution in [2.75, 3.05) is 13.1 Å². The number of hydrogen-bond acceptors (Lipinski definition) is 2. The van der Waals surface area contributed by atoms with E-state index >= 15 is 0 Å². The molecule has 2 nitrogen and oxygen atoms in total. The molecule has 104 valence electrons. The third-order valence-corrected chi connectivity index (χ3v) is 4.13. The quantitative estimate of drug-likeness (QED) is 0.677. The van der Waals surface area contributed by atoms with Crippen molar-refractivity contribution in [1.82, 2.24) is 4.90 Å². The number of rotatable bonds is 1. The van der Waals surface area contributed by atoms with Crippen molar-refractivity contribution in [3.8, 4) is 0 Å². The zero-order valence-corrected chi connectivity index (χ0v) is 10.5. The van der Waals surface area contributed by atoms with E-state index in [1.807, 2.05) is 0 Å². The maximum absolute atomic E-state index is 12.7. The Balaban J connectivity index is 2.01. The lowest BCUT2D eigenvalue weighted by atomic mass is 9.94. The summed E-state index contributed by atoms with van der Waals surface area (Å²) in [4.78, 5) is 13.7. The highest BCUT2D eigenvalue weighted by Gasteiger charge is 2.43. The van der Waals surface area contributed by atoms with Gasteiger partial charge in [-0.2, -0.15) is 13.2 Å². The second-order valence-electron chi connectivity index (χ2n) is 5.46. The molecule has 1 saturated heterocycles. The van der Waals surface area contributed by atoms with Gasteiger partial charge in [-0.25, -0.2) is 0 Å². The van der Waals surface area contributed by atoms with Gasteiger partial charge in [0.15, 0.2) is 0 Å². The average molecular weight is 263 g/mol. The van der Waals surface area contributed by atoms with Crippen LogP contribution in [0.2, 0.25) is 0 Å². The third-order valence-electron chi connectivity index (χ3n) is 4.13. The van der Waals surface area contributed by atoms with Gasteiger partial charge in [0, 0.05) is 13.0 Å². The molecular formula is C13H20F3NO. The molecule has 0 aromatic rings. The Morgan fingerprint density at radius 1 is 1.06 bits per heavy atom. The fourth-order valence-electron chi connectivity index (χ4n) is 3.08. The van der Waals surface area contributed by atoms with Crippen LogP contribution < -0.4 is 0 Å². The van der Waals surface area contributed by atoms with Gasteiger partial charge < -0.3 is 0 Å². The van der Waals surface area contributed by atoms with Crippen LogP contribution in [0.1, 0.15) is 44.9 Å². The maximum atomic E-state index is 12.7. The van der Waals surface area contributed by atoms with Crippen LogP contribution in [0.5, 0.6) is 0 Å². The highest BCUT2D eigenvalue weighted by molar-refractivity contribution is 5.84. The van der Waals surface area contributed by atoms with E-state index in [0.717, 1.165) is 25.7 Å². The topological polar surface area (TPSA) is 20.3 Å². The molecule has 0 amide bonds. The van der Waals surface area contributed by atoms with E-state index in [1.54, 1.807) is 4.90 Å². The number of likely N-dealkylation sites (tertiary alicyclic amines) is 1. The first-order valence-corrected chi connectivity index (χ1v) is 6.82. The minimum absolute atomic E-state index is 0.0138. The second-order valence-corrected chi connectivity index (χ2v) is 5.46. The zero-order valence-electron chi connectivity index (χ0n) is 10.5. The Morgan fingerprint density at radius 2 is 1.83 bits per heavy atom. The number of piperidine rings is 1. The van der Waals surface area contributed by atoms with Crippen molar-refractivity contribution in [2.24, 2.45) is 5.92 Å². The molecule has 1 heterocycles. The van der Waals surface area contributed by atoms with E-state index in [0.29, 0.717) is 19.4 Å². The molecule has 0 N–H and O–H groups in total. The molecule has 2 unspecified atom stereocenters. The molecule has 0 aromatic heterocycles. The Labute approximate surface area is 106 Å². The lowest BCUT2D eigenvalue weighted by Gasteiger charge is -2.37. The van der Waals surface area contributed by atoms with Crippen LogP contribution in [0.3, 0.4) is 0 Å². The van der Waals surface area contributed by atoms with Crippen LogP contribution in [0.15, 0.2) is 0 Å². The summed E-state index contributed by atoms with van der Waals surface area (Å²) >= 11 is 0. The number of carbonyl (C=O) groups excluding carboxylic acids is 1. The predicted molar refractivity (Wildman–Crippen MR) is 62.2 cm³/mol. The van der Waals surface area contributed by atoms with Gasteiger partial charge in [0.25, 0.3) is 0 Å². The molecule has 1 aliphatic carbocycles. The van der Waals surface area contributed by atoms with Gasteiger partial charge in [-0.3, -0.25) is 9.69 Å². The molecule has 2 fully saturated rings. The standard InChI is InChI=1S/C13H20F3NO/c14-13(15,16)10-5-4-8-17(9-10)11-6-2-1-3-7-12(11)18/h10-11H,1-9H2. The first kappa shape index (κ1) is 13.8. The number of alkyl halides is 3. The Kier molecular flexibility index (Phi) is 4.30. The first-order chi connectivity index (χ1) is 8.48. The number of ketones is 1. The summed E-state index contributed by atoms with van der Waals surface area (Å²) in [6.07, 6.45) is 0.802. The van der Waals surface area contributed by atoms with Crippen LogP contribution in [0.25, 0.3) is 0 Å². The van der Waals surface area contributed by atoms with Crippen molar-refractivity contribution in [1.29, 1.82) is 0 Å². The summed E-state index contributed by atoms with van der Waals surface area (Å²) in [7, 11) is 0. The lowest BCUT2D eigenvalue weighted by Crippen LogP contribution is -2.49. The minimum Gasteiger partial charge on any atom is -0.298 e. The third kappa shape index (κ3) is 3.25. The molecule has 2 rings (SSSR count). The zero-order chi connectivity index (χ0) is 13.2. The van der Waals surface area contributed by atoms with E-state index in [2.05, 4.69) is 0 Å². The molecule has 18 heavy (non-hydrogen) atoms. The molecule has 0 aromatic carbocycles. The van der Waals surface area contributed by atoms with Gasteiger partial charge in [0.1, 0.15) is 5.78 Å². The van der Waals surface area contributed by atoms with E-state index in [-0.39, 0.29) is 24.8 Å². The van der Waals surface area contributed by atoms with Crippen LogP contribution in [0.4, 0.5) is 13.2 Å². The number of hydrogen-bond donors (Lipinski definition) is 0. The Hall–Kier alpha value is -0.580. The summed E-state index contributed by atoms with van der Waals surface area (Å²) in [5.41, 5.74) is 0. The van der Waals surface area contributed by atoms with Crippen molar-refractivity contribution in [3.63, 3.8) is 0 Å². The number of nitrogens with zero attached hydrogens (tertiary/aromatic N) is 1. The highest BCUT2D eigenvalue weighted by Crippen LogP contribution is 2.34. The molecule has 0 radical (unpaired) electrons. The molecule has 0 bridgehead atoms. The van der Waals surface area contributed by atoms with E-state index in [4.69, 9.17) is 0 Å². The summed E-state index contributed by atoms with van der Waals surface area (Å²) in [6.45, 7) is 0.656. The van der Waals surface area contributed by atoms with Gasteiger partial charge in [0.05, 0.1) is 12.0 Å². The van der Waals surface area contributed by atoms with Crippen molar-refractivity contribution >= 4 is 5.78 Å². The Bertz CT molecular complexity index is 303. The second kappa shape index (κ2) is 5.59. The molecule has 0 spiro atoms. The fourth-order valence-corrected chi connectivity index (χ4v) is 3.08. The Morgan fingerprint density at radius 3 is 2.56 bits per heavy atom. The van der Waals surface area contributed by atoms with Gasteiger partial charge in [-0.15, -0.1) is 0 Å². The van der Waals surface area contributed by atoms with Gasteiger partial charge in [-0.05, 0) is 32.2 Å². The smallest absolute Gasteiger partial charge is 0.298 e. The largest absolute Gasteiger partial charge is 0.393 e. The molecule has 2 atom stereocenters. The minimum atomic E-state index is -4.12. The summed E-state index contributed by atoms with van der Waals surface area (Å²) in [6, 6.07) is -0.252. The van der Waals surface area contributed by atoms with Crippen molar-refractivity contribution < 1.29 is 18.0 Å². The van der Waals surface area contributed by atoms with Crippen LogP contribution in [0, 0.1) is 5.92 Å². The van der Waals surface area contributed by atoms with Crippen molar-refractivity contribution in [3.05, 3.63) is 0 Å². The van der Waals surface area contributed by atoms with Crippen molar-refractivity contribution in [2.45, 2.75) is 57.2 Å². The SMILES string of the molecule is O=C1CCCCCC1N1CCCC(C(F)(F)F)C1. The van der Waals surface area contributed by atoms with Crippen LogP contribution in [-0.4, -0.2) is 36.0 Å². The summed E-state index contributed by atoms with van der Waals surface area (Å²) < 4.78 is 38.2. The van der Waals surface area contributed by atoms with Crippen LogP contribution in [-0.2, 0) is 4.79 Å². The molecule has 1 saturated carbocycles. The number of Topliss-reactive ketones (excluding diaryl/α,β-unsaturated/α-hetero) is 1. The van der Waals surface area contributed by atoms with Crippen LogP contribution >= 0.6 is 0 Å². The molecule has 1 aliphatic heterocycles. The fraction of sp³-hybridized carbons (Fsp3) is 0.923. The monoisotopic (exact) mass is 263 g/mol. The van der Waals surface area contributed by atoms with E-state index < -0.39 is 12.1 Å². The summed E-state index contributed by atoms with van der Waals surface area (Å²) in [5.74, 6) is -1.10. The maximum Gasteiger partial charge on any atom is 0.393 e.